The first-order chi connectivity index (χ1) is 10.1. The van der Waals surface area contributed by atoms with E-state index in [1.54, 1.807) is 6.07 Å². The van der Waals surface area contributed by atoms with Crippen LogP contribution in [0.1, 0.15) is 29.8 Å². The van der Waals surface area contributed by atoms with Crippen LogP contribution in [0.25, 0.3) is 0 Å². The Kier molecular flexibility index (Phi) is 4.07. The lowest BCUT2D eigenvalue weighted by atomic mass is 10.0. The van der Waals surface area contributed by atoms with Gasteiger partial charge in [0.15, 0.2) is 0 Å². The molecule has 0 spiro atoms. The summed E-state index contributed by atoms with van der Waals surface area (Å²) < 4.78 is 0. The molecule has 1 amide bonds. The normalized spacial score (nSPS) is 24.4. The number of anilines is 1. The Bertz CT molecular complexity index is 513. The number of amides is 1. The minimum absolute atomic E-state index is 0.333. The quantitative estimate of drug-likeness (QED) is 0.829. The van der Waals surface area contributed by atoms with Gasteiger partial charge in [-0.15, -0.1) is 0 Å². The third-order valence-electron chi connectivity index (χ3n) is 4.56. The van der Waals surface area contributed by atoms with Crippen LogP contribution in [0.4, 0.5) is 5.82 Å². The average Bonchev–Trinajstić information content (AvgIpc) is 2.98. The fourth-order valence-corrected chi connectivity index (χ4v) is 3.27. The molecule has 1 unspecified atom stereocenters. The molecule has 2 saturated heterocycles. The predicted molar refractivity (Wildman–Crippen MR) is 82.2 cm³/mol. The summed E-state index contributed by atoms with van der Waals surface area (Å²) in [6.07, 6.45) is 3.32. The Morgan fingerprint density at radius 2 is 1.95 bits per heavy atom. The second kappa shape index (κ2) is 5.99. The summed E-state index contributed by atoms with van der Waals surface area (Å²) >= 11 is 0. The van der Waals surface area contributed by atoms with Crippen molar-refractivity contribution < 1.29 is 4.79 Å². The first-order valence-corrected chi connectivity index (χ1v) is 7.65. The highest BCUT2D eigenvalue weighted by molar-refractivity contribution is 5.91. The van der Waals surface area contributed by atoms with Gasteiger partial charge in [-0.3, -0.25) is 9.69 Å². The van der Waals surface area contributed by atoms with Crippen molar-refractivity contribution in [2.75, 3.05) is 31.1 Å². The van der Waals surface area contributed by atoms with Crippen molar-refractivity contribution in [2.24, 2.45) is 11.5 Å². The number of hydrogen-bond donors (Lipinski definition) is 2. The van der Waals surface area contributed by atoms with E-state index in [0.29, 0.717) is 17.8 Å². The third kappa shape index (κ3) is 3.16. The molecule has 1 atom stereocenters. The lowest BCUT2D eigenvalue weighted by Crippen LogP contribution is -2.46. The molecule has 1 aromatic rings. The maximum Gasteiger partial charge on any atom is 0.267 e. The van der Waals surface area contributed by atoms with E-state index in [1.165, 1.54) is 0 Å². The van der Waals surface area contributed by atoms with Gasteiger partial charge in [-0.25, -0.2) is 4.98 Å². The highest BCUT2D eigenvalue weighted by Crippen LogP contribution is 2.23. The molecule has 4 N–H and O–H groups in total. The largest absolute Gasteiger partial charge is 0.364 e. The Morgan fingerprint density at radius 1 is 1.19 bits per heavy atom. The van der Waals surface area contributed by atoms with Gasteiger partial charge in [0.05, 0.1) is 0 Å². The summed E-state index contributed by atoms with van der Waals surface area (Å²) in [7, 11) is 0. The van der Waals surface area contributed by atoms with Crippen LogP contribution in [0, 0.1) is 0 Å². The van der Waals surface area contributed by atoms with E-state index >= 15 is 0 Å². The molecule has 0 aliphatic carbocycles. The van der Waals surface area contributed by atoms with E-state index in [-0.39, 0.29) is 0 Å². The van der Waals surface area contributed by atoms with Crippen LogP contribution in [-0.2, 0) is 0 Å². The lowest BCUT2D eigenvalue weighted by molar-refractivity contribution is 0.0995. The number of primary amides is 1. The zero-order valence-corrected chi connectivity index (χ0v) is 12.2. The van der Waals surface area contributed by atoms with Crippen LogP contribution < -0.4 is 16.4 Å². The third-order valence-corrected chi connectivity index (χ3v) is 4.56. The number of nitrogens with two attached hydrogens (primary N) is 2. The van der Waals surface area contributed by atoms with Crippen LogP contribution in [0.3, 0.4) is 0 Å². The van der Waals surface area contributed by atoms with E-state index in [9.17, 15) is 4.79 Å². The first kappa shape index (κ1) is 14.3. The molecule has 114 valence electrons. The molecular weight excluding hydrogens is 266 g/mol. The molecule has 0 saturated carbocycles. The first-order valence-electron chi connectivity index (χ1n) is 7.65. The zero-order valence-electron chi connectivity index (χ0n) is 12.2. The maximum atomic E-state index is 11.2. The van der Waals surface area contributed by atoms with Gasteiger partial charge in [0, 0.05) is 25.2 Å². The van der Waals surface area contributed by atoms with Crippen LogP contribution in [0.15, 0.2) is 18.2 Å². The van der Waals surface area contributed by atoms with Crippen molar-refractivity contribution in [1.29, 1.82) is 0 Å². The summed E-state index contributed by atoms with van der Waals surface area (Å²) in [6, 6.07) is 6.38. The molecule has 3 heterocycles. The maximum absolute atomic E-state index is 11.2. The number of carbonyl (C=O) groups is 1. The average molecular weight is 289 g/mol. The predicted octanol–water partition coefficient (Wildman–Crippen LogP) is 0.182. The standard InChI is InChI=1S/C15H23N5O/c16-11-4-7-19(8-5-11)12-6-9-20(10-12)14-3-1-2-13(18-14)15(17)21/h1-3,11-12H,4-10,16H2,(H2,17,21). The highest BCUT2D eigenvalue weighted by atomic mass is 16.1. The monoisotopic (exact) mass is 289 g/mol. The van der Waals surface area contributed by atoms with E-state index < -0.39 is 5.91 Å². The smallest absolute Gasteiger partial charge is 0.267 e. The van der Waals surface area contributed by atoms with Gasteiger partial charge in [-0.2, -0.15) is 0 Å². The number of piperidine rings is 1. The SMILES string of the molecule is NC(=O)c1cccc(N2CCC(N3CCC(N)CC3)C2)n1. The van der Waals surface area contributed by atoms with Gasteiger partial charge in [-0.05, 0) is 44.5 Å². The molecule has 3 rings (SSSR count). The molecule has 1 aromatic heterocycles. The molecule has 21 heavy (non-hydrogen) atoms. The fraction of sp³-hybridized carbons (Fsp3) is 0.600. The van der Waals surface area contributed by atoms with Crippen molar-refractivity contribution in [1.82, 2.24) is 9.88 Å². The van der Waals surface area contributed by atoms with Crippen LogP contribution in [0.5, 0.6) is 0 Å². The fourth-order valence-electron chi connectivity index (χ4n) is 3.27. The highest BCUT2D eigenvalue weighted by Gasteiger charge is 2.30. The van der Waals surface area contributed by atoms with Crippen molar-refractivity contribution in [2.45, 2.75) is 31.3 Å². The minimum Gasteiger partial charge on any atom is -0.364 e. The molecule has 2 fully saturated rings. The van der Waals surface area contributed by atoms with Gasteiger partial charge in [0.25, 0.3) is 5.91 Å². The summed E-state index contributed by atoms with van der Waals surface area (Å²) in [5, 5.41) is 0. The molecule has 6 heteroatoms. The van der Waals surface area contributed by atoms with Gasteiger partial charge in [0.2, 0.25) is 0 Å². The number of nitrogens with zero attached hydrogens (tertiary/aromatic N) is 3. The summed E-state index contributed by atoms with van der Waals surface area (Å²) in [5.41, 5.74) is 11.6. The molecule has 6 nitrogen and oxygen atoms in total. The second-order valence-electron chi connectivity index (χ2n) is 6.01. The van der Waals surface area contributed by atoms with E-state index in [0.717, 1.165) is 51.3 Å². The molecule has 0 radical (unpaired) electrons. The van der Waals surface area contributed by atoms with Crippen molar-refractivity contribution in [3.05, 3.63) is 23.9 Å². The Balaban J connectivity index is 1.64. The number of pyridine rings is 1. The molecule has 2 aliphatic rings. The van der Waals surface area contributed by atoms with Crippen LogP contribution in [0.2, 0.25) is 0 Å². The molecule has 2 aliphatic heterocycles. The number of carbonyl (C=O) groups excluding carboxylic acids is 1. The van der Waals surface area contributed by atoms with Crippen LogP contribution >= 0.6 is 0 Å². The lowest BCUT2D eigenvalue weighted by Gasteiger charge is -2.34. The molecule has 0 aromatic carbocycles. The van der Waals surface area contributed by atoms with Crippen molar-refractivity contribution >= 4 is 11.7 Å². The second-order valence-corrected chi connectivity index (χ2v) is 6.01. The van der Waals surface area contributed by atoms with Crippen molar-refractivity contribution in [3.8, 4) is 0 Å². The zero-order chi connectivity index (χ0) is 14.8. The Hall–Kier alpha value is -1.66. The van der Waals surface area contributed by atoms with Crippen molar-refractivity contribution in [3.63, 3.8) is 0 Å². The molecule has 0 bridgehead atoms. The Morgan fingerprint density at radius 3 is 2.67 bits per heavy atom. The van der Waals surface area contributed by atoms with Gasteiger partial charge >= 0.3 is 0 Å². The van der Waals surface area contributed by atoms with Crippen LogP contribution in [-0.4, -0.2) is 54.1 Å². The van der Waals surface area contributed by atoms with E-state index in [2.05, 4.69) is 14.8 Å². The number of likely N-dealkylation sites (tertiary alicyclic amines) is 1. The number of hydrogen-bond acceptors (Lipinski definition) is 5. The summed E-state index contributed by atoms with van der Waals surface area (Å²) in [6.45, 7) is 4.12. The van der Waals surface area contributed by atoms with Gasteiger partial charge < -0.3 is 16.4 Å². The van der Waals surface area contributed by atoms with E-state index in [4.69, 9.17) is 11.5 Å². The van der Waals surface area contributed by atoms with E-state index in [1.807, 2.05) is 12.1 Å². The Labute approximate surface area is 125 Å². The molecular formula is C15H23N5O. The minimum atomic E-state index is -0.474. The number of rotatable bonds is 3. The summed E-state index contributed by atoms with van der Waals surface area (Å²) in [4.78, 5) is 20.4. The summed E-state index contributed by atoms with van der Waals surface area (Å²) in [5.74, 6) is 0.375. The van der Waals surface area contributed by atoms with Gasteiger partial charge in [-0.1, -0.05) is 6.07 Å². The van der Waals surface area contributed by atoms with Gasteiger partial charge in [0.1, 0.15) is 11.5 Å². The number of aromatic nitrogens is 1. The topological polar surface area (TPSA) is 88.5 Å².